The van der Waals surface area contributed by atoms with Crippen LogP contribution in [-0.2, 0) is 4.74 Å². The molecule has 0 aromatic carbocycles. The van der Waals surface area contributed by atoms with Gasteiger partial charge in [0.05, 0.1) is 0 Å². The average molecular weight is 258 g/mol. The standard InChI is InChI=1S/C16H34O2/c1-2-3-4-5-6-7-8-9-10-11-12-15-18-16-13-14-17/h17H,2-16H2,1H3. The Morgan fingerprint density at radius 1 is 0.611 bits per heavy atom. The zero-order valence-electron chi connectivity index (χ0n) is 12.5. The van der Waals surface area contributed by atoms with Crippen LogP contribution in [0.1, 0.15) is 84.0 Å². The van der Waals surface area contributed by atoms with Crippen LogP contribution in [0.25, 0.3) is 0 Å². The molecule has 0 aliphatic carbocycles. The summed E-state index contributed by atoms with van der Waals surface area (Å²) >= 11 is 0. The molecule has 0 bridgehead atoms. The molecule has 0 unspecified atom stereocenters. The molecular formula is C16H34O2. The molecule has 110 valence electrons. The number of hydrogen-bond acceptors (Lipinski definition) is 2. The first-order valence-corrected chi connectivity index (χ1v) is 8.10. The largest absolute Gasteiger partial charge is 0.396 e. The number of rotatable bonds is 15. The van der Waals surface area contributed by atoms with E-state index in [0.29, 0.717) is 6.61 Å². The van der Waals surface area contributed by atoms with Gasteiger partial charge in [0.15, 0.2) is 0 Å². The van der Waals surface area contributed by atoms with E-state index in [2.05, 4.69) is 6.92 Å². The maximum Gasteiger partial charge on any atom is 0.0487 e. The Kier molecular flexibility index (Phi) is 16.8. The van der Waals surface area contributed by atoms with Crippen LogP contribution in [0.15, 0.2) is 0 Å². The molecule has 0 aromatic rings. The molecule has 18 heavy (non-hydrogen) atoms. The molecule has 0 saturated carbocycles. The number of aliphatic hydroxyl groups excluding tert-OH is 1. The van der Waals surface area contributed by atoms with Gasteiger partial charge in [-0.25, -0.2) is 0 Å². The third-order valence-corrected chi connectivity index (χ3v) is 3.34. The third kappa shape index (κ3) is 15.9. The van der Waals surface area contributed by atoms with E-state index in [4.69, 9.17) is 9.84 Å². The average Bonchev–Trinajstić information content (AvgIpc) is 2.39. The first-order chi connectivity index (χ1) is 8.91. The number of ether oxygens (including phenoxy) is 1. The lowest BCUT2D eigenvalue weighted by atomic mass is 10.1. The summed E-state index contributed by atoms with van der Waals surface area (Å²) in [7, 11) is 0. The Labute approximate surface area is 114 Å². The molecule has 0 aliphatic heterocycles. The monoisotopic (exact) mass is 258 g/mol. The smallest absolute Gasteiger partial charge is 0.0487 e. The van der Waals surface area contributed by atoms with Gasteiger partial charge >= 0.3 is 0 Å². The lowest BCUT2D eigenvalue weighted by molar-refractivity contribution is 0.112. The van der Waals surface area contributed by atoms with Gasteiger partial charge in [-0.3, -0.25) is 0 Å². The van der Waals surface area contributed by atoms with Gasteiger partial charge in [-0.2, -0.15) is 0 Å². The van der Waals surface area contributed by atoms with Crippen molar-refractivity contribution < 1.29 is 9.84 Å². The first kappa shape index (κ1) is 17.9. The Morgan fingerprint density at radius 3 is 1.56 bits per heavy atom. The van der Waals surface area contributed by atoms with Crippen LogP contribution in [0.2, 0.25) is 0 Å². The molecule has 1 N–H and O–H groups in total. The highest BCUT2D eigenvalue weighted by molar-refractivity contribution is 4.48. The van der Waals surface area contributed by atoms with Gasteiger partial charge in [0.2, 0.25) is 0 Å². The van der Waals surface area contributed by atoms with Crippen LogP contribution in [-0.4, -0.2) is 24.9 Å². The quantitative estimate of drug-likeness (QED) is 0.432. The SMILES string of the molecule is CCCCCCCCCCCCCOCCCO. The van der Waals surface area contributed by atoms with Crippen LogP contribution in [0.3, 0.4) is 0 Å². The fourth-order valence-corrected chi connectivity index (χ4v) is 2.14. The molecule has 0 heterocycles. The fraction of sp³-hybridized carbons (Fsp3) is 1.00. The van der Waals surface area contributed by atoms with Gasteiger partial charge in [0.25, 0.3) is 0 Å². The second kappa shape index (κ2) is 16.9. The summed E-state index contributed by atoms with van der Waals surface area (Å²) in [6, 6.07) is 0. The first-order valence-electron chi connectivity index (χ1n) is 8.10. The van der Waals surface area contributed by atoms with Crippen molar-refractivity contribution in [2.45, 2.75) is 84.0 Å². The van der Waals surface area contributed by atoms with Crippen molar-refractivity contribution in [3.05, 3.63) is 0 Å². The normalized spacial score (nSPS) is 11.0. The number of hydrogen-bond donors (Lipinski definition) is 1. The Bertz CT molecular complexity index is 121. The predicted molar refractivity (Wildman–Crippen MR) is 79.0 cm³/mol. The summed E-state index contributed by atoms with van der Waals surface area (Å²) in [6.07, 6.45) is 15.9. The van der Waals surface area contributed by atoms with E-state index >= 15 is 0 Å². The lowest BCUT2D eigenvalue weighted by Crippen LogP contribution is -1.98. The van der Waals surface area contributed by atoms with Crippen molar-refractivity contribution in [3.63, 3.8) is 0 Å². The van der Waals surface area contributed by atoms with Gasteiger partial charge in [-0.15, -0.1) is 0 Å². The summed E-state index contributed by atoms with van der Waals surface area (Å²) in [5.41, 5.74) is 0. The molecule has 0 atom stereocenters. The van der Waals surface area contributed by atoms with Gasteiger partial charge in [-0.1, -0.05) is 71.1 Å². The van der Waals surface area contributed by atoms with Crippen molar-refractivity contribution >= 4 is 0 Å². The van der Waals surface area contributed by atoms with Gasteiger partial charge in [0, 0.05) is 19.8 Å². The van der Waals surface area contributed by atoms with Crippen LogP contribution in [0.5, 0.6) is 0 Å². The summed E-state index contributed by atoms with van der Waals surface area (Å²) in [6.45, 7) is 4.11. The maximum atomic E-state index is 8.58. The van der Waals surface area contributed by atoms with Crippen molar-refractivity contribution in [1.82, 2.24) is 0 Å². The highest BCUT2D eigenvalue weighted by Gasteiger charge is 1.93. The third-order valence-electron chi connectivity index (χ3n) is 3.34. The van der Waals surface area contributed by atoms with E-state index in [1.165, 1.54) is 70.6 Å². The van der Waals surface area contributed by atoms with E-state index in [1.54, 1.807) is 0 Å². The molecule has 2 heteroatoms. The second-order valence-corrected chi connectivity index (χ2v) is 5.23. The minimum atomic E-state index is 0.248. The van der Waals surface area contributed by atoms with Gasteiger partial charge in [0.1, 0.15) is 0 Å². The Hall–Kier alpha value is -0.0800. The van der Waals surface area contributed by atoms with E-state index in [1.807, 2.05) is 0 Å². The predicted octanol–water partition coefficient (Wildman–Crippen LogP) is 4.70. The van der Waals surface area contributed by atoms with Crippen molar-refractivity contribution in [1.29, 1.82) is 0 Å². The van der Waals surface area contributed by atoms with Crippen LogP contribution < -0.4 is 0 Å². The van der Waals surface area contributed by atoms with Crippen LogP contribution in [0.4, 0.5) is 0 Å². The summed E-state index contributed by atoms with van der Waals surface area (Å²) < 4.78 is 5.40. The highest BCUT2D eigenvalue weighted by atomic mass is 16.5. The second-order valence-electron chi connectivity index (χ2n) is 5.23. The number of unbranched alkanes of at least 4 members (excludes halogenated alkanes) is 10. The van der Waals surface area contributed by atoms with E-state index in [-0.39, 0.29) is 6.61 Å². The molecule has 2 nitrogen and oxygen atoms in total. The van der Waals surface area contributed by atoms with E-state index < -0.39 is 0 Å². The summed E-state index contributed by atoms with van der Waals surface area (Å²) in [5, 5.41) is 8.58. The maximum absolute atomic E-state index is 8.58. The molecule has 0 rings (SSSR count). The fourth-order valence-electron chi connectivity index (χ4n) is 2.14. The topological polar surface area (TPSA) is 29.5 Å². The summed E-state index contributed by atoms with van der Waals surface area (Å²) in [5.74, 6) is 0. The minimum absolute atomic E-state index is 0.248. The molecule has 0 fully saturated rings. The Morgan fingerprint density at radius 2 is 1.06 bits per heavy atom. The van der Waals surface area contributed by atoms with Crippen molar-refractivity contribution in [2.75, 3.05) is 19.8 Å². The zero-order valence-corrected chi connectivity index (χ0v) is 12.5. The molecule has 0 spiro atoms. The van der Waals surface area contributed by atoms with Crippen LogP contribution in [0, 0.1) is 0 Å². The molecule has 0 amide bonds. The molecule has 0 aromatic heterocycles. The van der Waals surface area contributed by atoms with E-state index in [0.717, 1.165) is 13.0 Å². The van der Waals surface area contributed by atoms with E-state index in [9.17, 15) is 0 Å². The highest BCUT2D eigenvalue weighted by Crippen LogP contribution is 2.11. The molecule has 0 aliphatic rings. The Balaban J connectivity index is 2.86. The molecule has 0 saturated heterocycles. The van der Waals surface area contributed by atoms with Gasteiger partial charge < -0.3 is 9.84 Å². The zero-order chi connectivity index (χ0) is 13.3. The lowest BCUT2D eigenvalue weighted by Gasteiger charge is -2.04. The summed E-state index contributed by atoms with van der Waals surface area (Å²) in [4.78, 5) is 0. The van der Waals surface area contributed by atoms with Gasteiger partial charge in [-0.05, 0) is 12.8 Å². The molecule has 0 radical (unpaired) electrons. The van der Waals surface area contributed by atoms with Crippen LogP contribution >= 0.6 is 0 Å². The molecular weight excluding hydrogens is 224 g/mol. The number of aliphatic hydroxyl groups is 1. The minimum Gasteiger partial charge on any atom is -0.396 e. The van der Waals surface area contributed by atoms with Crippen molar-refractivity contribution in [3.8, 4) is 0 Å². The van der Waals surface area contributed by atoms with Crippen molar-refractivity contribution in [2.24, 2.45) is 0 Å².